The van der Waals surface area contributed by atoms with E-state index in [0.717, 1.165) is 55.4 Å². The van der Waals surface area contributed by atoms with Crippen LogP contribution in [0, 0.1) is 11.8 Å². The highest BCUT2D eigenvalue weighted by atomic mass is 19.1. The average molecular weight is 480 g/mol. The molecule has 0 spiro atoms. The minimum absolute atomic E-state index is 0.0156. The predicted molar refractivity (Wildman–Crippen MR) is 134 cm³/mol. The van der Waals surface area contributed by atoms with Crippen LogP contribution in [0.5, 0.6) is 5.75 Å². The van der Waals surface area contributed by atoms with E-state index in [-0.39, 0.29) is 5.92 Å². The summed E-state index contributed by atoms with van der Waals surface area (Å²) in [6, 6.07) is 13.1. The number of rotatable bonds is 11. The second-order valence-electron chi connectivity index (χ2n) is 9.40. The molecule has 1 aromatic carbocycles. The standard InChI is InChI=1S/C28H34FN3O3/c1-35-22-9-11-27-24(18-22)23(12-15-31-27)26(29)10-8-20-13-17-32(19-25(20)28(33)34)16-5-3-7-21-6-2-4-14-30-21/h2,4,6,9,11-12,14-15,18,20,25-26H,3,5,7-8,10,13,16-17,19H2,1H3,(H,33,34)/t20-,25+,26?/m1/s1. The number of nitrogens with zero attached hydrogens (tertiary/aromatic N) is 3. The number of unbranched alkanes of at least 4 members (excludes halogenated alkanes) is 1. The Morgan fingerprint density at radius 3 is 2.86 bits per heavy atom. The van der Waals surface area contributed by atoms with Gasteiger partial charge in [-0.25, -0.2) is 4.39 Å². The third-order valence-electron chi connectivity index (χ3n) is 7.15. The number of aliphatic carboxylic acids is 1. The minimum Gasteiger partial charge on any atom is -0.497 e. The van der Waals surface area contributed by atoms with Crippen molar-refractivity contribution in [1.29, 1.82) is 0 Å². The number of hydrogen-bond acceptors (Lipinski definition) is 5. The van der Waals surface area contributed by atoms with Gasteiger partial charge in [-0.3, -0.25) is 14.8 Å². The van der Waals surface area contributed by atoms with E-state index < -0.39 is 18.1 Å². The molecule has 3 atom stereocenters. The summed E-state index contributed by atoms with van der Waals surface area (Å²) < 4.78 is 20.7. The number of carboxylic acids is 1. The topological polar surface area (TPSA) is 75.5 Å². The van der Waals surface area contributed by atoms with E-state index in [4.69, 9.17) is 4.74 Å². The van der Waals surface area contributed by atoms with Gasteiger partial charge in [0.2, 0.25) is 0 Å². The van der Waals surface area contributed by atoms with Crippen molar-refractivity contribution < 1.29 is 19.0 Å². The largest absolute Gasteiger partial charge is 0.497 e. The zero-order valence-corrected chi connectivity index (χ0v) is 20.3. The maximum atomic E-state index is 15.4. The molecule has 4 rings (SSSR count). The first-order chi connectivity index (χ1) is 17.0. The number of alkyl halides is 1. The maximum absolute atomic E-state index is 15.4. The molecular formula is C28H34FN3O3. The van der Waals surface area contributed by atoms with Gasteiger partial charge in [-0.05, 0) is 99.5 Å². The number of carboxylic acid groups (broad SMARTS) is 1. The van der Waals surface area contributed by atoms with Crippen LogP contribution in [0.4, 0.5) is 4.39 Å². The summed E-state index contributed by atoms with van der Waals surface area (Å²) in [6.07, 6.45) is 6.89. The number of likely N-dealkylation sites (tertiary alicyclic amines) is 1. The van der Waals surface area contributed by atoms with Crippen LogP contribution in [0.3, 0.4) is 0 Å². The number of fused-ring (bicyclic) bond motifs is 1. The number of methoxy groups -OCH3 is 1. The monoisotopic (exact) mass is 479 g/mol. The van der Waals surface area contributed by atoms with Crippen molar-refractivity contribution in [2.24, 2.45) is 11.8 Å². The first kappa shape index (κ1) is 25.0. The Kier molecular flexibility index (Phi) is 8.64. The van der Waals surface area contributed by atoms with Gasteiger partial charge in [0.15, 0.2) is 0 Å². The Labute approximate surface area is 206 Å². The normalized spacial score (nSPS) is 19.5. The van der Waals surface area contributed by atoms with Crippen LogP contribution < -0.4 is 4.74 Å². The van der Waals surface area contributed by atoms with Crippen molar-refractivity contribution >= 4 is 16.9 Å². The van der Waals surface area contributed by atoms with Gasteiger partial charge in [-0.2, -0.15) is 0 Å². The van der Waals surface area contributed by atoms with Crippen LogP contribution in [0.2, 0.25) is 0 Å². The minimum atomic E-state index is -1.17. The van der Waals surface area contributed by atoms with Crippen LogP contribution in [-0.4, -0.2) is 52.7 Å². The maximum Gasteiger partial charge on any atom is 0.308 e. The first-order valence-electron chi connectivity index (χ1n) is 12.5. The average Bonchev–Trinajstić information content (AvgIpc) is 2.89. The van der Waals surface area contributed by atoms with E-state index in [9.17, 15) is 9.90 Å². The molecule has 1 fully saturated rings. The first-order valence-corrected chi connectivity index (χ1v) is 12.5. The van der Waals surface area contributed by atoms with E-state index in [2.05, 4.69) is 14.9 Å². The van der Waals surface area contributed by atoms with Crippen molar-refractivity contribution in [1.82, 2.24) is 14.9 Å². The van der Waals surface area contributed by atoms with Crippen LogP contribution in [-0.2, 0) is 11.2 Å². The zero-order chi connectivity index (χ0) is 24.6. The summed E-state index contributed by atoms with van der Waals surface area (Å²) in [6.45, 7) is 2.29. The van der Waals surface area contributed by atoms with Gasteiger partial charge in [-0.1, -0.05) is 6.07 Å². The molecule has 0 amide bonds. The lowest BCUT2D eigenvalue weighted by Gasteiger charge is -2.37. The fraction of sp³-hybridized carbons (Fsp3) is 0.464. The number of benzene rings is 1. The van der Waals surface area contributed by atoms with Gasteiger partial charge in [0.05, 0.1) is 18.5 Å². The molecule has 7 heteroatoms. The molecule has 0 aliphatic carbocycles. The van der Waals surface area contributed by atoms with E-state index in [1.165, 1.54) is 0 Å². The van der Waals surface area contributed by atoms with Gasteiger partial charge in [-0.15, -0.1) is 0 Å². The number of piperidine rings is 1. The SMILES string of the molecule is COc1ccc2nccc(C(F)CC[C@@H]3CCN(CCCCc4ccccn4)C[C@@H]3C(=O)O)c2c1. The van der Waals surface area contributed by atoms with E-state index in [1.807, 2.05) is 42.6 Å². The van der Waals surface area contributed by atoms with Crippen molar-refractivity contribution in [2.75, 3.05) is 26.7 Å². The molecule has 3 aromatic rings. The lowest BCUT2D eigenvalue weighted by atomic mass is 9.81. The molecule has 1 unspecified atom stereocenters. The molecule has 0 radical (unpaired) electrons. The van der Waals surface area contributed by atoms with E-state index >= 15 is 4.39 Å². The fourth-order valence-corrected chi connectivity index (χ4v) is 5.15. The van der Waals surface area contributed by atoms with Gasteiger partial charge in [0.1, 0.15) is 11.9 Å². The molecule has 6 nitrogen and oxygen atoms in total. The molecule has 1 aliphatic heterocycles. The summed E-state index contributed by atoms with van der Waals surface area (Å²) in [4.78, 5) is 23.0. The summed E-state index contributed by atoms with van der Waals surface area (Å²) in [7, 11) is 1.59. The number of ether oxygens (including phenoxy) is 1. The van der Waals surface area contributed by atoms with Gasteiger partial charge in [0.25, 0.3) is 0 Å². The van der Waals surface area contributed by atoms with E-state index in [0.29, 0.717) is 30.7 Å². The lowest BCUT2D eigenvalue weighted by molar-refractivity contribution is -0.146. The summed E-state index contributed by atoms with van der Waals surface area (Å²) in [5.74, 6) is -0.584. The molecule has 2 aromatic heterocycles. The van der Waals surface area contributed by atoms with Gasteiger partial charge in [0, 0.05) is 30.0 Å². The number of carbonyl (C=O) groups is 1. The Balaban J connectivity index is 1.30. The third-order valence-corrected chi connectivity index (χ3v) is 7.15. The molecule has 1 aliphatic rings. The number of halogens is 1. The van der Waals surface area contributed by atoms with Gasteiger partial charge >= 0.3 is 5.97 Å². The molecule has 186 valence electrons. The Hall–Kier alpha value is -3.06. The second kappa shape index (κ2) is 12.1. The van der Waals surface area contributed by atoms with Crippen molar-refractivity contribution in [3.8, 4) is 5.75 Å². The molecule has 1 saturated heterocycles. The molecule has 3 heterocycles. The summed E-state index contributed by atoms with van der Waals surface area (Å²) in [5.41, 5.74) is 2.41. The fourth-order valence-electron chi connectivity index (χ4n) is 5.15. The van der Waals surface area contributed by atoms with Crippen molar-refractivity contribution in [2.45, 2.75) is 44.7 Å². The van der Waals surface area contributed by atoms with Crippen LogP contribution in [0.1, 0.15) is 49.5 Å². The zero-order valence-electron chi connectivity index (χ0n) is 20.3. The van der Waals surface area contributed by atoms with Crippen LogP contribution >= 0.6 is 0 Å². The highest BCUT2D eigenvalue weighted by Crippen LogP contribution is 2.35. The molecule has 0 bridgehead atoms. The molecule has 1 N–H and O–H groups in total. The molecular weight excluding hydrogens is 445 g/mol. The quantitative estimate of drug-likeness (QED) is 0.367. The second-order valence-corrected chi connectivity index (χ2v) is 9.40. The van der Waals surface area contributed by atoms with E-state index in [1.54, 1.807) is 19.4 Å². The van der Waals surface area contributed by atoms with Crippen molar-refractivity contribution in [3.63, 3.8) is 0 Å². The van der Waals surface area contributed by atoms with Crippen LogP contribution in [0.25, 0.3) is 10.9 Å². The number of pyridine rings is 2. The molecule has 35 heavy (non-hydrogen) atoms. The Morgan fingerprint density at radius 1 is 1.20 bits per heavy atom. The Bertz CT molecular complexity index is 1110. The Morgan fingerprint density at radius 2 is 2.09 bits per heavy atom. The number of aromatic nitrogens is 2. The highest BCUT2D eigenvalue weighted by molar-refractivity contribution is 5.83. The number of hydrogen-bond donors (Lipinski definition) is 1. The van der Waals surface area contributed by atoms with Crippen molar-refractivity contribution in [3.05, 3.63) is 66.1 Å². The number of aryl methyl sites for hydroxylation is 1. The summed E-state index contributed by atoms with van der Waals surface area (Å²) >= 11 is 0. The predicted octanol–water partition coefficient (Wildman–Crippen LogP) is 5.47. The molecule has 0 saturated carbocycles. The van der Waals surface area contributed by atoms with Gasteiger partial charge < -0.3 is 14.7 Å². The summed E-state index contributed by atoms with van der Waals surface area (Å²) in [5, 5.41) is 10.6. The smallest absolute Gasteiger partial charge is 0.308 e. The highest BCUT2D eigenvalue weighted by Gasteiger charge is 2.34. The lowest BCUT2D eigenvalue weighted by Crippen LogP contribution is -2.44. The van der Waals surface area contributed by atoms with Crippen LogP contribution in [0.15, 0.2) is 54.9 Å². The third kappa shape index (κ3) is 6.54.